The number of fused-ring (bicyclic) bond motifs is 2. The number of aliphatic hydroxyl groups is 1. The maximum absolute atomic E-state index is 9.61. The minimum Gasteiger partial charge on any atom is -0.393 e. The van der Waals surface area contributed by atoms with Crippen LogP contribution in [0.3, 0.4) is 0 Å². The van der Waals surface area contributed by atoms with Gasteiger partial charge in [0.15, 0.2) is 0 Å². The van der Waals surface area contributed by atoms with E-state index in [-0.39, 0.29) is 6.10 Å². The molecule has 0 aliphatic heterocycles. The molecule has 0 unspecified atom stereocenters. The Hall–Kier alpha value is -0.0400. The Morgan fingerprint density at radius 3 is 2.27 bits per heavy atom. The lowest BCUT2D eigenvalue weighted by Gasteiger charge is -2.61. The average molecular weight is 154 g/mol. The van der Waals surface area contributed by atoms with Crippen molar-refractivity contribution < 1.29 is 5.11 Å². The molecule has 3 saturated carbocycles. The normalized spacial score (nSPS) is 53.5. The topological polar surface area (TPSA) is 20.2 Å². The van der Waals surface area contributed by atoms with Crippen LogP contribution in [-0.4, -0.2) is 11.2 Å². The Morgan fingerprint density at radius 1 is 1.27 bits per heavy atom. The lowest BCUT2D eigenvalue weighted by Crippen LogP contribution is -2.56. The van der Waals surface area contributed by atoms with Gasteiger partial charge in [-0.15, -0.1) is 0 Å². The molecule has 3 aliphatic rings. The van der Waals surface area contributed by atoms with Crippen LogP contribution in [-0.2, 0) is 0 Å². The summed E-state index contributed by atoms with van der Waals surface area (Å²) < 4.78 is 0. The Morgan fingerprint density at radius 2 is 1.91 bits per heavy atom. The van der Waals surface area contributed by atoms with E-state index in [0.29, 0.717) is 11.3 Å². The molecular formula is C10H18O. The fourth-order valence-electron chi connectivity index (χ4n) is 3.12. The predicted octanol–water partition coefficient (Wildman–Crippen LogP) is 2.05. The first-order chi connectivity index (χ1) is 5.03. The molecule has 3 rings (SSSR count). The van der Waals surface area contributed by atoms with Crippen LogP contribution in [0.4, 0.5) is 0 Å². The molecule has 1 heteroatoms. The molecule has 2 bridgehead atoms. The Labute approximate surface area is 68.8 Å². The molecule has 0 radical (unpaired) electrons. The van der Waals surface area contributed by atoms with Gasteiger partial charge in [-0.1, -0.05) is 20.8 Å². The van der Waals surface area contributed by atoms with Crippen molar-refractivity contribution in [2.24, 2.45) is 23.2 Å². The highest BCUT2D eigenvalue weighted by atomic mass is 16.3. The standard InChI is InChI=1S/C10H18O/c1-6-8-4-7(5-9(6)11)10(8,2)3/h6-9,11H,4-5H2,1-3H3/t6-,7-,8-,9+/m1/s1. The smallest absolute Gasteiger partial charge is 0.0571 e. The molecule has 4 atom stereocenters. The first-order valence-corrected chi connectivity index (χ1v) is 4.71. The van der Waals surface area contributed by atoms with E-state index in [2.05, 4.69) is 20.8 Å². The van der Waals surface area contributed by atoms with E-state index >= 15 is 0 Å². The monoisotopic (exact) mass is 154 g/mol. The second-order valence-corrected chi connectivity index (χ2v) is 5.02. The van der Waals surface area contributed by atoms with E-state index in [0.717, 1.165) is 18.3 Å². The van der Waals surface area contributed by atoms with Crippen LogP contribution in [0.25, 0.3) is 0 Å². The van der Waals surface area contributed by atoms with E-state index in [9.17, 15) is 5.11 Å². The molecule has 3 aliphatic carbocycles. The fourth-order valence-corrected chi connectivity index (χ4v) is 3.12. The van der Waals surface area contributed by atoms with Gasteiger partial charge < -0.3 is 5.11 Å². The summed E-state index contributed by atoms with van der Waals surface area (Å²) in [6, 6.07) is 0. The van der Waals surface area contributed by atoms with Crippen LogP contribution in [0.2, 0.25) is 0 Å². The Kier molecular flexibility index (Phi) is 1.39. The van der Waals surface area contributed by atoms with Crippen molar-refractivity contribution in [2.75, 3.05) is 0 Å². The molecule has 0 amide bonds. The van der Waals surface area contributed by atoms with Crippen LogP contribution in [0, 0.1) is 23.2 Å². The summed E-state index contributed by atoms with van der Waals surface area (Å²) in [4.78, 5) is 0. The highest BCUT2D eigenvalue weighted by Gasteiger charge is 2.55. The molecule has 11 heavy (non-hydrogen) atoms. The lowest BCUT2D eigenvalue weighted by atomic mass is 9.45. The maximum atomic E-state index is 9.61. The molecule has 3 fully saturated rings. The summed E-state index contributed by atoms with van der Waals surface area (Å²) in [5.41, 5.74) is 0.526. The molecular weight excluding hydrogens is 136 g/mol. The largest absolute Gasteiger partial charge is 0.393 e. The minimum atomic E-state index is -0.00762. The third kappa shape index (κ3) is 0.807. The predicted molar refractivity (Wildman–Crippen MR) is 45.2 cm³/mol. The number of hydrogen-bond acceptors (Lipinski definition) is 1. The molecule has 0 spiro atoms. The van der Waals surface area contributed by atoms with Gasteiger partial charge in [-0.2, -0.15) is 0 Å². The molecule has 64 valence electrons. The second kappa shape index (κ2) is 2.01. The Balaban J connectivity index is 2.17. The van der Waals surface area contributed by atoms with Crippen molar-refractivity contribution >= 4 is 0 Å². The highest BCUT2D eigenvalue weighted by Crippen LogP contribution is 2.61. The molecule has 0 aromatic carbocycles. The van der Waals surface area contributed by atoms with Crippen molar-refractivity contribution in [2.45, 2.75) is 39.7 Å². The first kappa shape index (κ1) is 7.60. The highest BCUT2D eigenvalue weighted by molar-refractivity contribution is 5.04. The minimum absolute atomic E-state index is 0.00762. The summed E-state index contributed by atoms with van der Waals surface area (Å²) in [6.07, 6.45) is 2.40. The molecule has 0 aromatic rings. The quantitative estimate of drug-likeness (QED) is 0.566. The molecule has 1 nitrogen and oxygen atoms in total. The maximum Gasteiger partial charge on any atom is 0.0571 e. The molecule has 0 aromatic heterocycles. The SMILES string of the molecule is C[C@@H]1[C@H]2C[C@H](C[C@@H]1O)C2(C)C. The number of rotatable bonds is 0. The van der Waals surface area contributed by atoms with E-state index in [4.69, 9.17) is 0 Å². The summed E-state index contributed by atoms with van der Waals surface area (Å²) in [7, 11) is 0. The van der Waals surface area contributed by atoms with Crippen molar-refractivity contribution in [1.29, 1.82) is 0 Å². The van der Waals surface area contributed by atoms with Crippen molar-refractivity contribution in [3.8, 4) is 0 Å². The number of hydrogen-bond donors (Lipinski definition) is 1. The Bertz CT molecular complexity index is 174. The molecule has 0 heterocycles. The van der Waals surface area contributed by atoms with Crippen molar-refractivity contribution in [1.82, 2.24) is 0 Å². The zero-order valence-electron chi connectivity index (χ0n) is 7.67. The summed E-state index contributed by atoms with van der Waals surface area (Å²) in [5.74, 6) is 2.13. The molecule has 1 N–H and O–H groups in total. The zero-order chi connectivity index (χ0) is 8.22. The van der Waals surface area contributed by atoms with Gasteiger partial charge in [-0.25, -0.2) is 0 Å². The van der Waals surface area contributed by atoms with Crippen LogP contribution in [0.5, 0.6) is 0 Å². The molecule has 0 saturated heterocycles. The third-order valence-corrected chi connectivity index (χ3v) is 4.31. The van der Waals surface area contributed by atoms with Gasteiger partial charge >= 0.3 is 0 Å². The lowest BCUT2D eigenvalue weighted by molar-refractivity contribution is -0.154. The third-order valence-electron chi connectivity index (χ3n) is 4.31. The van der Waals surface area contributed by atoms with Gasteiger partial charge in [0.1, 0.15) is 0 Å². The van der Waals surface area contributed by atoms with Crippen molar-refractivity contribution in [3.05, 3.63) is 0 Å². The van der Waals surface area contributed by atoms with E-state index in [1.54, 1.807) is 0 Å². The van der Waals surface area contributed by atoms with Crippen LogP contribution in [0.15, 0.2) is 0 Å². The average Bonchev–Trinajstić information content (AvgIpc) is 1.93. The summed E-state index contributed by atoms with van der Waals surface area (Å²) in [6.45, 7) is 6.91. The van der Waals surface area contributed by atoms with E-state index in [1.807, 2.05) is 0 Å². The zero-order valence-corrected chi connectivity index (χ0v) is 7.67. The summed E-state index contributed by atoms with van der Waals surface area (Å²) >= 11 is 0. The van der Waals surface area contributed by atoms with Crippen molar-refractivity contribution in [3.63, 3.8) is 0 Å². The van der Waals surface area contributed by atoms with Gasteiger partial charge in [0.2, 0.25) is 0 Å². The van der Waals surface area contributed by atoms with E-state index < -0.39 is 0 Å². The van der Waals surface area contributed by atoms with Gasteiger partial charge in [0.05, 0.1) is 6.10 Å². The second-order valence-electron chi connectivity index (χ2n) is 5.02. The van der Waals surface area contributed by atoms with Crippen LogP contribution in [0.1, 0.15) is 33.6 Å². The van der Waals surface area contributed by atoms with Gasteiger partial charge in [0, 0.05) is 0 Å². The van der Waals surface area contributed by atoms with Crippen LogP contribution < -0.4 is 0 Å². The number of aliphatic hydroxyl groups excluding tert-OH is 1. The fraction of sp³-hybridized carbons (Fsp3) is 1.00. The van der Waals surface area contributed by atoms with Crippen LogP contribution >= 0.6 is 0 Å². The van der Waals surface area contributed by atoms with Gasteiger partial charge in [-0.3, -0.25) is 0 Å². The first-order valence-electron chi connectivity index (χ1n) is 4.71. The van der Waals surface area contributed by atoms with Gasteiger partial charge in [-0.05, 0) is 36.0 Å². The van der Waals surface area contributed by atoms with E-state index in [1.165, 1.54) is 6.42 Å². The summed E-state index contributed by atoms with van der Waals surface area (Å²) in [5, 5.41) is 9.61. The van der Waals surface area contributed by atoms with Gasteiger partial charge in [0.25, 0.3) is 0 Å².